The lowest BCUT2D eigenvalue weighted by atomic mass is 10.3. The fourth-order valence-electron chi connectivity index (χ4n) is 1.18. The molecule has 0 saturated heterocycles. The van der Waals surface area contributed by atoms with Crippen LogP contribution in [0.3, 0.4) is 0 Å². The second kappa shape index (κ2) is 4.91. The quantitative estimate of drug-likeness (QED) is 0.851. The van der Waals surface area contributed by atoms with E-state index >= 15 is 0 Å². The summed E-state index contributed by atoms with van der Waals surface area (Å²) in [5.74, 6) is 0.563. The Bertz CT molecular complexity index is 497. The van der Waals surface area contributed by atoms with Crippen molar-refractivity contribution in [2.75, 3.05) is 5.32 Å². The third-order valence-electron chi connectivity index (χ3n) is 1.91. The Balaban J connectivity index is 2.23. The van der Waals surface area contributed by atoms with Crippen LogP contribution in [0.15, 0.2) is 36.5 Å². The fraction of sp³-hybridized carbons (Fsp3) is 0. The minimum atomic E-state index is 0.474. The maximum atomic E-state index is 5.98. The molecule has 0 aliphatic heterocycles. The highest BCUT2D eigenvalue weighted by Gasteiger charge is 2.02. The maximum absolute atomic E-state index is 5.98. The van der Waals surface area contributed by atoms with Gasteiger partial charge in [0.15, 0.2) is 0 Å². The zero-order valence-electron chi connectivity index (χ0n) is 8.05. The summed E-state index contributed by atoms with van der Waals surface area (Å²) in [5.41, 5.74) is 0.862. The van der Waals surface area contributed by atoms with Crippen LogP contribution in [0.5, 0.6) is 0 Å². The summed E-state index contributed by atoms with van der Waals surface area (Å²) in [5, 5.41) is 4.73. The lowest BCUT2D eigenvalue weighted by molar-refractivity contribution is 1.31. The van der Waals surface area contributed by atoms with Gasteiger partial charge in [-0.2, -0.15) is 0 Å². The first-order valence-corrected chi connectivity index (χ1v) is 5.62. The van der Waals surface area contributed by atoms with Gasteiger partial charge in [0.25, 0.3) is 0 Å². The number of hydrogen-bond donors (Lipinski definition) is 1. The topological polar surface area (TPSA) is 24.9 Å². The molecule has 2 rings (SSSR count). The van der Waals surface area contributed by atoms with Gasteiger partial charge in [0.05, 0.1) is 10.0 Å². The molecule has 5 heteroatoms. The van der Waals surface area contributed by atoms with Crippen molar-refractivity contribution in [1.82, 2.24) is 4.98 Å². The summed E-state index contributed by atoms with van der Waals surface area (Å²) >= 11 is 17.5. The van der Waals surface area contributed by atoms with Gasteiger partial charge in [0.2, 0.25) is 0 Å². The molecule has 0 fully saturated rings. The summed E-state index contributed by atoms with van der Waals surface area (Å²) < 4.78 is 0. The van der Waals surface area contributed by atoms with Gasteiger partial charge in [0, 0.05) is 16.9 Å². The smallest absolute Gasteiger partial charge is 0.149 e. The summed E-state index contributed by atoms with van der Waals surface area (Å²) in [4.78, 5) is 4.09. The van der Waals surface area contributed by atoms with Crippen LogP contribution in [0.4, 0.5) is 11.5 Å². The average molecular weight is 274 g/mol. The average Bonchev–Trinajstić information content (AvgIpc) is 2.25. The van der Waals surface area contributed by atoms with E-state index in [1.165, 1.54) is 6.20 Å². The summed E-state index contributed by atoms with van der Waals surface area (Å²) in [6, 6.07) is 8.89. The number of benzene rings is 1. The first-order chi connectivity index (χ1) is 7.65. The van der Waals surface area contributed by atoms with Gasteiger partial charge in [0.1, 0.15) is 5.82 Å². The Kier molecular flexibility index (Phi) is 3.54. The van der Waals surface area contributed by atoms with Crippen LogP contribution < -0.4 is 5.32 Å². The molecule has 0 radical (unpaired) electrons. The van der Waals surface area contributed by atoms with Gasteiger partial charge in [-0.3, -0.25) is 0 Å². The second-order valence-corrected chi connectivity index (χ2v) is 4.40. The van der Waals surface area contributed by atoms with Crippen LogP contribution in [-0.4, -0.2) is 4.98 Å². The van der Waals surface area contributed by atoms with Gasteiger partial charge in [-0.05, 0) is 30.3 Å². The number of hydrogen-bond acceptors (Lipinski definition) is 2. The van der Waals surface area contributed by atoms with Crippen molar-refractivity contribution in [1.29, 1.82) is 0 Å². The Hall–Kier alpha value is -0.960. The predicted octanol–water partition coefficient (Wildman–Crippen LogP) is 4.79. The molecule has 0 saturated carbocycles. The molecule has 82 valence electrons. The largest absolute Gasteiger partial charge is 0.339 e. The molecule has 2 nitrogen and oxygen atoms in total. The van der Waals surface area contributed by atoms with Crippen molar-refractivity contribution >= 4 is 46.3 Å². The van der Waals surface area contributed by atoms with Crippen molar-refractivity contribution in [2.45, 2.75) is 0 Å². The SMILES string of the molecule is Clc1ccc(Nc2ncc(Cl)cc2Cl)cc1. The van der Waals surface area contributed by atoms with Crippen molar-refractivity contribution < 1.29 is 0 Å². The van der Waals surface area contributed by atoms with E-state index in [9.17, 15) is 0 Å². The van der Waals surface area contributed by atoms with Crippen LogP contribution in [0, 0.1) is 0 Å². The third-order valence-corrected chi connectivity index (χ3v) is 2.66. The van der Waals surface area contributed by atoms with Gasteiger partial charge < -0.3 is 5.32 Å². The van der Waals surface area contributed by atoms with Gasteiger partial charge in [-0.1, -0.05) is 34.8 Å². The van der Waals surface area contributed by atoms with E-state index in [0.29, 0.717) is 20.9 Å². The van der Waals surface area contributed by atoms with Crippen LogP contribution in [-0.2, 0) is 0 Å². The first kappa shape index (κ1) is 11.5. The molecule has 0 bridgehead atoms. The zero-order valence-corrected chi connectivity index (χ0v) is 10.3. The molecule has 1 aromatic carbocycles. The van der Waals surface area contributed by atoms with Gasteiger partial charge >= 0.3 is 0 Å². The molecule has 0 aliphatic carbocycles. The molecular formula is C11H7Cl3N2. The van der Waals surface area contributed by atoms with E-state index in [-0.39, 0.29) is 0 Å². The number of nitrogens with one attached hydrogen (secondary N) is 1. The Morgan fingerprint density at radius 1 is 0.938 bits per heavy atom. The number of pyridine rings is 1. The number of aromatic nitrogens is 1. The summed E-state index contributed by atoms with van der Waals surface area (Å²) in [6.07, 6.45) is 1.53. The molecule has 0 spiro atoms. The van der Waals surface area contributed by atoms with Crippen LogP contribution >= 0.6 is 34.8 Å². The van der Waals surface area contributed by atoms with Crippen LogP contribution in [0.25, 0.3) is 0 Å². The van der Waals surface area contributed by atoms with E-state index in [1.807, 2.05) is 12.1 Å². The summed E-state index contributed by atoms with van der Waals surface area (Å²) in [7, 11) is 0. The Labute approximate surface area is 108 Å². The highest BCUT2D eigenvalue weighted by molar-refractivity contribution is 6.36. The van der Waals surface area contributed by atoms with Crippen molar-refractivity contribution in [2.24, 2.45) is 0 Å². The molecule has 2 aromatic rings. The highest BCUT2D eigenvalue weighted by atomic mass is 35.5. The first-order valence-electron chi connectivity index (χ1n) is 4.49. The number of rotatable bonds is 2. The molecule has 0 unspecified atom stereocenters. The monoisotopic (exact) mass is 272 g/mol. The summed E-state index contributed by atoms with van der Waals surface area (Å²) in [6.45, 7) is 0. The molecule has 0 amide bonds. The normalized spacial score (nSPS) is 10.2. The van der Waals surface area contributed by atoms with E-state index in [2.05, 4.69) is 10.3 Å². The van der Waals surface area contributed by atoms with E-state index < -0.39 is 0 Å². The zero-order chi connectivity index (χ0) is 11.5. The molecular weight excluding hydrogens is 266 g/mol. The lowest BCUT2D eigenvalue weighted by Gasteiger charge is -2.07. The van der Waals surface area contributed by atoms with E-state index in [0.717, 1.165) is 5.69 Å². The predicted molar refractivity (Wildman–Crippen MR) is 69.0 cm³/mol. The molecule has 16 heavy (non-hydrogen) atoms. The number of halogens is 3. The Morgan fingerprint density at radius 3 is 2.25 bits per heavy atom. The fourth-order valence-corrected chi connectivity index (χ4v) is 1.73. The molecule has 1 aromatic heterocycles. The third kappa shape index (κ3) is 2.79. The highest BCUT2D eigenvalue weighted by Crippen LogP contribution is 2.26. The minimum Gasteiger partial charge on any atom is -0.339 e. The number of nitrogens with zero attached hydrogens (tertiary/aromatic N) is 1. The molecule has 0 atom stereocenters. The maximum Gasteiger partial charge on any atom is 0.149 e. The molecule has 1 N–H and O–H groups in total. The number of anilines is 2. The lowest BCUT2D eigenvalue weighted by Crippen LogP contribution is -1.93. The van der Waals surface area contributed by atoms with Gasteiger partial charge in [-0.15, -0.1) is 0 Å². The second-order valence-electron chi connectivity index (χ2n) is 3.12. The van der Waals surface area contributed by atoms with Crippen LogP contribution in [0.1, 0.15) is 0 Å². The Morgan fingerprint density at radius 2 is 1.62 bits per heavy atom. The van der Waals surface area contributed by atoms with Crippen LogP contribution in [0.2, 0.25) is 15.1 Å². The van der Waals surface area contributed by atoms with E-state index in [4.69, 9.17) is 34.8 Å². The minimum absolute atomic E-state index is 0.474. The standard InChI is InChI=1S/C11H7Cl3N2/c12-7-1-3-9(4-2-7)16-11-10(14)5-8(13)6-15-11/h1-6H,(H,15,16). The molecule has 0 aliphatic rings. The van der Waals surface area contributed by atoms with Crippen molar-refractivity contribution in [3.05, 3.63) is 51.6 Å². The van der Waals surface area contributed by atoms with E-state index in [1.54, 1.807) is 18.2 Å². The molecule has 1 heterocycles. The van der Waals surface area contributed by atoms with Crippen molar-refractivity contribution in [3.63, 3.8) is 0 Å². The van der Waals surface area contributed by atoms with Gasteiger partial charge in [-0.25, -0.2) is 4.98 Å². The van der Waals surface area contributed by atoms with Crippen molar-refractivity contribution in [3.8, 4) is 0 Å².